The number of aliphatic hydroxyl groups excluding tert-OH is 1. The molecular formula is C17H16FN3O2. The molecule has 2 rings (SSSR count). The third-order valence-corrected chi connectivity index (χ3v) is 3.32. The highest BCUT2D eigenvalue weighted by molar-refractivity contribution is 5.89. The molecule has 3 N–H and O–H groups in total. The van der Waals surface area contributed by atoms with Crippen LogP contribution in [0.4, 0.5) is 14.9 Å². The zero-order chi connectivity index (χ0) is 16.8. The predicted molar refractivity (Wildman–Crippen MR) is 84.1 cm³/mol. The summed E-state index contributed by atoms with van der Waals surface area (Å²) in [7, 11) is 0. The average molecular weight is 313 g/mol. The Morgan fingerprint density at radius 3 is 2.35 bits per heavy atom. The number of aliphatic hydroxyl groups is 1. The smallest absolute Gasteiger partial charge is 0.319 e. The lowest BCUT2D eigenvalue weighted by Gasteiger charge is -2.21. The van der Waals surface area contributed by atoms with Crippen LogP contribution in [0.3, 0.4) is 0 Å². The number of nitriles is 1. The molecular weight excluding hydrogens is 297 g/mol. The molecule has 0 unspecified atom stereocenters. The highest BCUT2D eigenvalue weighted by Gasteiger charge is 2.18. The van der Waals surface area contributed by atoms with Crippen molar-refractivity contribution in [2.75, 3.05) is 5.32 Å². The number of rotatable bonds is 4. The Bertz CT molecular complexity index is 708. The van der Waals surface area contributed by atoms with Crippen molar-refractivity contribution < 1.29 is 14.3 Å². The van der Waals surface area contributed by atoms with Crippen LogP contribution < -0.4 is 10.6 Å². The molecule has 0 saturated carbocycles. The van der Waals surface area contributed by atoms with Crippen LogP contribution in [0.5, 0.6) is 0 Å². The number of anilines is 1. The number of carbonyl (C=O) groups is 1. The number of nitrogens with zero attached hydrogens (tertiary/aromatic N) is 1. The van der Waals surface area contributed by atoms with E-state index in [4.69, 9.17) is 5.26 Å². The van der Waals surface area contributed by atoms with Gasteiger partial charge in [-0.15, -0.1) is 0 Å². The maximum atomic E-state index is 12.9. The molecule has 0 aliphatic rings. The minimum Gasteiger partial charge on any atom is -0.386 e. The van der Waals surface area contributed by atoms with Crippen molar-refractivity contribution in [1.29, 1.82) is 5.26 Å². The van der Waals surface area contributed by atoms with Crippen molar-refractivity contribution in [2.24, 2.45) is 0 Å². The van der Waals surface area contributed by atoms with Crippen LogP contribution in [-0.4, -0.2) is 17.2 Å². The Hall–Kier alpha value is -2.91. The van der Waals surface area contributed by atoms with Crippen molar-refractivity contribution >= 4 is 11.7 Å². The normalized spacial score (nSPS) is 12.8. The standard InChI is InChI=1S/C17H16FN3O2/c1-11(16(22)13-4-6-14(18)7-5-13)20-17(23)21-15-8-2-12(10-19)3-9-15/h2-9,11,16,22H,1H3,(H2,20,21,23)/t11-,16+/m1/s1. The number of hydrogen-bond acceptors (Lipinski definition) is 3. The Morgan fingerprint density at radius 2 is 1.78 bits per heavy atom. The van der Waals surface area contributed by atoms with Crippen molar-refractivity contribution in [1.82, 2.24) is 5.32 Å². The molecule has 0 spiro atoms. The van der Waals surface area contributed by atoms with Gasteiger partial charge in [0.15, 0.2) is 0 Å². The van der Waals surface area contributed by atoms with E-state index in [0.29, 0.717) is 16.8 Å². The third kappa shape index (κ3) is 4.53. The number of nitrogens with one attached hydrogen (secondary N) is 2. The Balaban J connectivity index is 1.93. The molecule has 6 heteroatoms. The summed E-state index contributed by atoms with van der Waals surface area (Å²) in [5.41, 5.74) is 1.54. The van der Waals surface area contributed by atoms with Gasteiger partial charge in [-0.05, 0) is 48.9 Å². The lowest BCUT2D eigenvalue weighted by atomic mass is 10.0. The van der Waals surface area contributed by atoms with Gasteiger partial charge in [0.05, 0.1) is 23.8 Å². The van der Waals surface area contributed by atoms with Crippen LogP contribution in [0.15, 0.2) is 48.5 Å². The highest BCUT2D eigenvalue weighted by atomic mass is 19.1. The van der Waals surface area contributed by atoms with E-state index in [9.17, 15) is 14.3 Å². The number of carbonyl (C=O) groups excluding carboxylic acids is 1. The topological polar surface area (TPSA) is 85.2 Å². The minimum atomic E-state index is -0.956. The monoisotopic (exact) mass is 313 g/mol. The van der Waals surface area contributed by atoms with Crippen molar-refractivity contribution in [3.8, 4) is 6.07 Å². The maximum absolute atomic E-state index is 12.9. The first-order valence-electron chi connectivity index (χ1n) is 7.01. The van der Waals surface area contributed by atoms with Gasteiger partial charge >= 0.3 is 6.03 Å². The number of benzene rings is 2. The van der Waals surface area contributed by atoms with Gasteiger partial charge in [0, 0.05) is 5.69 Å². The van der Waals surface area contributed by atoms with Gasteiger partial charge in [-0.25, -0.2) is 9.18 Å². The van der Waals surface area contributed by atoms with Gasteiger partial charge in [0.2, 0.25) is 0 Å². The molecule has 2 aromatic rings. The van der Waals surface area contributed by atoms with Gasteiger partial charge in [0.25, 0.3) is 0 Å². The summed E-state index contributed by atoms with van der Waals surface area (Å²) in [5.74, 6) is -0.389. The van der Waals surface area contributed by atoms with Gasteiger partial charge in [-0.2, -0.15) is 5.26 Å². The fourth-order valence-corrected chi connectivity index (χ4v) is 2.03. The first-order valence-corrected chi connectivity index (χ1v) is 7.01. The second-order valence-corrected chi connectivity index (χ2v) is 5.07. The molecule has 0 heterocycles. The SMILES string of the molecule is C[C@@H](NC(=O)Nc1ccc(C#N)cc1)[C@H](O)c1ccc(F)cc1. The van der Waals surface area contributed by atoms with Crippen LogP contribution in [0.2, 0.25) is 0 Å². The lowest BCUT2D eigenvalue weighted by molar-refractivity contribution is 0.139. The summed E-state index contributed by atoms with van der Waals surface area (Å²) < 4.78 is 12.9. The summed E-state index contributed by atoms with van der Waals surface area (Å²) in [6, 6.07) is 12.8. The first-order chi connectivity index (χ1) is 11.0. The van der Waals surface area contributed by atoms with Gasteiger partial charge in [0.1, 0.15) is 5.82 Å². The molecule has 0 fully saturated rings. The van der Waals surface area contributed by atoms with E-state index in [1.807, 2.05) is 6.07 Å². The van der Waals surface area contributed by atoms with Gasteiger partial charge < -0.3 is 15.7 Å². The molecule has 0 radical (unpaired) electrons. The molecule has 118 valence electrons. The molecule has 2 atom stereocenters. The quantitative estimate of drug-likeness (QED) is 0.811. The molecule has 2 amide bonds. The Labute approximate surface area is 133 Å². The van der Waals surface area contributed by atoms with Gasteiger partial charge in [-0.1, -0.05) is 12.1 Å². The van der Waals surface area contributed by atoms with Crippen LogP contribution >= 0.6 is 0 Å². The Morgan fingerprint density at radius 1 is 1.17 bits per heavy atom. The van der Waals surface area contributed by atoms with Gasteiger partial charge in [-0.3, -0.25) is 0 Å². The zero-order valence-electron chi connectivity index (χ0n) is 12.5. The van der Waals surface area contributed by atoms with E-state index in [1.54, 1.807) is 31.2 Å². The lowest BCUT2D eigenvalue weighted by Crippen LogP contribution is -2.39. The molecule has 2 aromatic carbocycles. The minimum absolute atomic E-state index is 0.389. The van der Waals surface area contributed by atoms with E-state index in [1.165, 1.54) is 24.3 Å². The summed E-state index contributed by atoms with van der Waals surface area (Å²) in [6.07, 6.45) is -0.956. The molecule has 0 aliphatic carbocycles. The van der Waals surface area contributed by atoms with Crippen LogP contribution in [0, 0.1) is 17.1 Å². The van der Waals surface area contributed by atoms with E-state index in [2.05, 4.69) is 10.6 Å². The maximum Gasteiger partial charge on any atom is 0.319 e. The summed E-state index contributed by atoms with van der Waals surface area (Å²) in [4.78, 5) is 11.9. The van der Waals surface area contributed by atoms with E-state index < -0.39 is 18.2 Å². The van der Waals surface area contributed by atoms with Crippen molar-refractivity contribution in [3.63, 3.8) is 0 Å². The van der Waals surface area contributed by atoms with Crippen LogP contribution in [0.25, 0.3) is 0 Å². The number of urea groups is 1. The van der Waals surface area contributed by atoms with Crippen molar-refractivity contribution in [3.05, 3.63) is 65.5 Å². The molecule has 0 aromatic heterocycles. The number of halogens is 1. The number of amides is 2. The average Bonchev–Trinajstić information content (AvgIpc) is 2.55. The Kier molecular flexibility index (Phi) is 5.28. The highest BCUT2D eigenvalue weighted by Crippen LogP contribution is 2.17. The molecule has 0 bridgehead atoms. The fraction of sp³-hybridized carbons (Fsp3) is 0.176. The van der Waals surface area contributed by atoms with Crippen LogP contribution in [-0.2, 0) is 0 Å². The van der Waals surface area contributed by atoms with E-state index >= 15 is 0 Å². The molecule has 0 aliphatic heterocycles. The molecule has 23 heavy (non-hydrogen) atoms. The predicted octanol–water partition coefficient (Wildman–Crippen LogP) is 2.94. The second kappa shape index (κ2) is 7.38. The largest absolute Gasteiger partial charge is 0.386 e. The number of hydrogen-bond donors (Lipinski definition) is 3. The second-order valence-electron chi connectivity index (χ2n) is 5.07. The van der Waals surface area contributed by atoms with Crippen LogP contribution in [0.1, 0.15) is 24.2 Å². The zero-order valence-corrected chi connectivity index (χ0v) is 12.5. The molecule has 0 saturated heterocycles. The van der Waals surface area contributed by atoms with E-state index in [-0.39, 0.29) is 5.82 Å². The summed E-state index contributed by atoms with van der Waals surface area (Å²) in [5, 5.41) is 24.1. The van der Waals surface area contributed by atoms with E-state index in [0.717, 1.165) is 0 Å². The van der Waals surface area contributed by atoms with Crippen molar-refractivity contribution in [2.45, 2.75) is 19.1 Å². The first kappa shape index (κ1) is 16.5. The fourth-order valence-electron chi connectivity index (χ4n) is 2.03. The summed E-state index contributed by atoms with van der Waals surface area (Å²) in [6.45, 7) is 1.65. The summed E-state index contributed by atoms with van der Waals surface area (Å²) >= 11 is 0. The molecule has 5 nitrogen and oxygen atoms in total. The third-order valence-electron chi connectivity index (χ3n) is 3.32.